The number of nitrogens with one attached hydrogen (secondary N) is 2. The van der Waals surface area contributed by atoms with Crippen molar-refractivity contribution in [3.05, 3.63) is 179 Å². The summed E-state index contributed by atoms with van der Waals surface area (Å²) in [5.41, 5.74) is 16.5. The number of hydrogen-bond acceptors (Lipinski definition) is 12. The zero-order valence-electron chi connectivity index (χ0n) is 36.5. The minimum absolute atomic E-state index is 0.0130. The molecule has 16 nitrogen and oxygen atoms in total. The Bertz CT molecular complexity index is 3190. The van der Waals surface area contributed by atoms with Gasteiger partial charge < -0.3 is 40.7 Å². The second-order valence-electron chi connectivity index (χ2n) is 14.9. The Labute approximate surface area is 386 Å². The van der Waals surface area contributed by atoms with Gasteiger partial charge >= 0.3 is 11.9 Å². The third-order valence-electron chi connectivity index (χ3n) is 10.5. The molecule has 2 amide bonds. The highest BCUT2D eigenvalue weighted by atomic mass is 19.1. The highest BCUT2D eigenvalue weighted by molar-refractivity contribution is 6.50. The molecule has 8 aromatic rings. The molecule has 18 heteroatoms. The average Bonchev–Trinajstić information content (AvgIpc) is 3.77. The zero-order chi connectivity index (χ0) is 48.5. The molecular formula is C50H42F2N8O8. The number of benzene rings is 4. The fraction of sp³-hybridized carbons (Fsp3) is 0.120. The number of nitrogens with two attached hydrogens (primary N) is 2. The van der Waals surface area contributed by atoms with E-state index >= 15 is 0 Å². The maximum absolute atomic E-state index is 13.4. The molecule has 0 spiro atoms. The quantitative estimate of drug-likeness (QED) is 0.0469. The molecule has 344 valence electrons. The van der Waals surface area contributed by atoms with E-state index in [4.69, 9.17) is 20.9 Å². The van der Waals surface area contributed by atoms with Crippen LogP contribution in [0.25, 0.3) is 21.8 Å². The lowest BCUT2D eigenvalue weighted by Gasteiger charge is -2.09. The molecular weight excluding hydrogens is 879 g/mol. The maximum atomic E-state index is 13.4. The van der Waals surface area contributed by atoms with Crippen molar-refractivity contribution in [1.29, 1.82) is 0 Å². The number of fused-ring (bicyclic) bond motifs is 2. The Hall–Kier alpha value is -9.06. The van der Waals surface area contributed by atoms with Crippen LogP contribution in [0.1, 0.15) is 66.4 Å². The van der Waals surface area contributed by atoms with Gasteiger partial charge in [-0.15, -0.1) is 0 Å². The molecule has 0 atom stereocenters. The number of pyridine rings is 2. The number of amides is 2. The SMILES string of the molecule is CCOC(=O)c1ccc2c(C(=O)C(=O)Nc3ccncc3)c(N)n(Cc3ccc(F)cc3)c2c1.CCOC(=O)c1ccc2c(c1)c(C(=O)C(=O)Nc1ccncc1)c(N)n2Cc1ccc(F)cc1. The largest absolute Gasteiger partial charge is 0.462 e. The molecule has 0 fully saturated rings. The minimum atomic E-state index is -0.889. The second kappa shape index (κ2) is 20.8. The number of halogens is 2. The number of hydrogen-bond donors (Lipinski definition) is 4. The van der Waals surface area contributed by atoms with Crippen LogP contribution in [0, 0.1) is 11.6 Å². The van der Waals surface area contributed by atoms with Crippen LogP contribution >= 0.6 is 0 Å². The van der Waals surface area contributed by atoms with Gasteiger partial charge in [-0.1, -0.05) is 30.3 Å². The van der Waals surface area contributed by atoms with Crippen LogP contribution in [0.4, 0.5) is 31.8 Å². The number of carbonyl (C=O) groups excluding carboxylic acids is 6. The summed E-state index contributed by atoms with van der Waals surface area (Å²) in [4.78, 5) is 84.2. The van der Waals surface area contributed by atoms with Crippen LogP contribution in [-0.4, -0.2) is 67.6 Å². The fourth-order valence-corrected chi connectivity index (χ4v) is 7.26. The summed E-state index contributed by atoms with van der Waals surface area (Å²) >= 11 is 0. The first kappa shape index (κ1) is 46.9. The van der Waals surface area contributed by atoms with Gasteiger partial charge in [0.25, 0.3) is 23.4 Å². The topological polar surface area (TPSA) is 233 Å². The summed E-state index contributed by atoms with van der Waals surface area (Å²) < 4.78 is 40.1. The number of aromatic nitrogens is 4. The lowest BCUT2D eigenvalue weighted by molar-refractivity contribution is -0.113. The minimum Gasteiger partial charge on any atom is -0.462 e. The molecule has 0 radical (unpaired) electrons. The van der Waals surface area contributed by atoms with Crippen molar-refractivity contribution in [2.24, 2.45) is 0 Å². The predicted octanol–water partition coefficient (Wildman–Crippen LogP) is 7.61. The van der Waals surface area contributed by atoms with Gasteiger partial charge in [0.1, 0.15) is 23.3 Å². The van der Waals surface area contributed by atoms with Crippen LogP contribution in [0.15, 0.2) is 134 Å². The first-order chi connectivity index (χ1) is 32.8. The summed E-state index contributed by atoms with van der Waals surface area (Å²) in [7, 11) is 0. The second-order valence-corrected chi connectivity index (χ2v) is 14.9. The Morgan fingerprint density at radius 3 is 1.40 bits per heavy atom. The molecule has 4 heterocycles. The van der Waals surface area contributed by atoms with E-state index in [9.17, 15) is 37.5 Å². The van der Waals surface area contributed by atoms with Gasteiger partial charge in [0, 0.05) is 60.0 Å². The van der Waals surface area contributed by atoms with Crippen LogP contribution < -0.4 is 22.1 Å². The van der Waals surface area contributed by atoms with E-state index in [0.29, 0.717) is 38.7 Å². The molecule has 6 N–H and O–H groups in total. The molecule has 0 saturated heterocycles. The third kappa shape index (κ3) is 10.4. The number of rotatable bonds is 14. The molecule has 8 rings (SSSR count). The van der Waals surface area contributed by atoms with Crippen LogP contribution in [0.3, 0.4) is 0 Å². The van der Waals surface area contributed by atoms with Crippen LogP contribution in [0.5, 0.6) is 0 Å². The molecule has 4 aromatic carbocycles. The fourth-order valence-electron chi connectivity index (χ4n) is 7.26. The number of ketones is 2. The molecule has 0 saturated carbocycles. The number of Topliss-reactive ketones (excluding diaryl/α,β-unsaturated/α-hetero) is 2. The summed E-state index contributed by atoms with van der Waals surface area (Å²) in [5.74, 6) is -5.20. The van der Waals surface area contributed by atoms with E-state index in [1.54, 1.807) is 95.8 Å². The maximum Gasteiger partial charge on any atom is 0.338 e. The van der Waals surface area contributed by atoms with Crippen molar-refractivity contribution in [2.45, 2.75) is 26.9 Å². The number of nitrogen functional groups attached to an aromatic ring is 2. The smallest absolute Gasteiger partial charge is 0.338 e. The van der Waals surface area contributed by atoms with Gasteiger partial charge in [0.15, 0.2) is 0 Å². The van der Waals surface area contributed by atoms with E-state index in [-0.39, 0.29) is 71.8 Å². The van der Waals surface area contributed by atoms with E-state index in [1.807, 2.05) is 0 Å². The molecule has 0 bridgehead atoms. The highest BCUT2D eigenvalue weighted by Gasteiger charge is 2.29. The molecule has 0 aliphatic heterocycles. The van der Waals surface area contributed by atoms with Crippen LogP contribution in [0.2, 0.25) is 0 Å². The van der Waals surface area contributed by atoms with Crippen molar-refractivity contribution in [3.8, 4) is 0 Å². The lowest BCUT2D eigenvalue weighted by Crippen LogP contribution is -2.24. The predicted molar refractivity (Wildman–Crippen MR) is 250 cm³/mol. The number of esters is 2. The Morgan fingerprint density at radius 1 is 0.529 bits per heavy atom. The highest BCUT2D eigenvalue weighted by Crippen LogP contribution is 2.33. The molecule has 4 aromatic heterocycles. The first-order valence-electron chi connectivity index (χ1n) is 21.0. The van der Waals surface area contributed by atoms with Crippen molar-refractivity contribution >= 4 is 80.1 Å². The number of anilines is 4. The van der Waals surface area contributed by atoms with Gasteiger partial charge in [-0.2, -0.15) is 0 Å². The Balaban J connectivity index is 0.000000201. The monoisotopic (exact) mass is 920 g/mol. The molecule has 0 unspecified atom stereocenters. The third-order valence-corrected chi connectivity index (χ3v) is 10.5. The summed E-state index contributed by atoms with van der Waals surface area (Å²) in [6.45, 7) is 4.18. The molecule has 68 heavy (non-hydrogen) atoms. The molecule has 0 aliphatic rings. The van der Waals surface area contributed by atoms with Gasteiger partial charge in [0.05, 0.1) is 46.5 Å². The lowest BCUT2D eigenvalue weighted by atomic mass is 10.1. The van der Waals surface area contributed by atoms with Crippen molar-refractivity contribution < 1.29 is 47.0 Å². The van der Waals surface area contributed by atoms with E-state index in [1.165, 1.54) is 61.2 Å². The summed E-state index contributed by atoms with van der Waals surface area (Å²) in [6.07, 6.45) is 5.93. The van der Waals surface area contributed by atoms with Crippen molar-refractivity contribution in [3.63, 3.8) is 0 Å². The summed E-state index contributed by atoms with van der Waals surface area (Å²) in [5, 5.41) is 5.80. The molecule has 0 aliphatic carbocycles. The van der Waals surface area contributed by atoms with Crippen molar-refractivity contribution in [1.82, 2.24) is 19.1 Å². The van der Waals surface area contributed by atoms with Crippen LogP contribution in [-0.2, 0) is 32.2 Å². The number of ether oxygens (including phenoxy) is 2. The van der Waals surface area contributed by atoms with Gasteiger partial charge in [-0.25, -0.2) is 18.4 Å². The van der Waals surface area contributed by atoms with Gasteiger partial charge in [-0.05, 0) is 104 Å². The van der Waals surface area contributed by atoms with Gasteiger partial charge in [0.2, 0.25) is 0 Å². The first-order valence-corrected chi connectivity index (χ1v) is 21.0. The summed E-state index contributed by atoms with van der Waals surface area (Å²) in [6, 6.07) is 27.2. The number of nitrogens with zero attached hydrogens (tertiary/aromatic N) is 4. The average molecular weight is 921 g/mol. The van der Waals surface area contributed by atoms with E-state index < -0.39 is 35.3 Å². The van der Waals surface area contributed by atoms with E-state index in [0.717, 1.165) is 5.56 Å². The standard InChI is InChI=1S/2C25H21FN4O4/c1-2-34-25(33)16-5-8-20-19(13-16)21(22(31)24(32)29-18-9-11-28-12-10-18)23(27)30(20)14-15-3-6-17(26)7-4-15;1-2-34-25(33)16-5-8-19-20(13-16)30(14-15-3-6-17(26)7-4-15)23(27)21(19)22(31)24(32)29-18-9-11-28-12-10-18/h2*3-13H,2,14,27H2,1H3,(H,28,29,32). The Morgan fingerprint density at radius 2 is 0.941 bits per heavy atom. The van der Waals surface area contributed by atoms with E-state index in [2.05, 4.69) is 20.6 Å². The Kier molecular flexibility index (Phi) is 14.4. The van der Waals surface area contributed by atoms with Gasteiger partial charge in [-0.3, -0.25) is 29.1 Å². The van der Waals surface area contributed by atoms with Crippen molar-refractivity contribution in [2.75, 3.05) is 35.3 Å². The zero-order valence-corrected chi connectivity index (χ0v) is 36.5. The normalized spacial score (nSPS) is 10.8. The number of carbonyl (C=O) groups is 6.